The highest BCUT2D eigenvalue weighted by Gasteiger charge is 2.08. The molecule has 0 bridgehead atoms. The molecule has 1 heteroatoms. The highest BCUT2D eigenvalue weighted by Crippen LogP contribution is 2.33. The third kappa shape index (κ3) is 5.26. The van der Waals surface area contributed by atoms with Gasteiger partial charge in [0, 0.05) is 0 Å². The lowest BCUT2D eigenvalue weighted by molar-refractivity contribution is 0.304. The molecule has 4 rings (SSSR count). The van der Waals surface area contributed by atoms with E-state index < -0.39 is 0 Å². The maximum Gasteiger partial charge on any atom is 0.119 e. The van der Waals surface area contributed by atoms with E-state index in [1.807, 2.05) is 0 Å². The Labute approximate surface area is 193 Å². The van der Waals surface area contributed by atoms with E-state index in [4.69, 9.17) is 4.74 Å². The Morgan fingerprint density at radius 2 is 1.31 bits per heavy atom. The van der Waals surface area contributed by atoms with Crippen LogP contribution in [0.5, 0.6) is 5.75 Å². The fraction of sp³-hybridized carbons (Fsp3) is 0.419. The Morgan fingerprint density at radius 1 is 0.625 bits per heavy atom. The first-order valence-electron chi connectivity index (χ1n) is 12.7. The van der Waals surface area contributed by atoms with Gasteiger partial charge < -0.3 is 4.74 Å². The second-order valence-electron chi connectivity index (χ2n) is 9.41. The number of rotatable bonds is 11. The number of benzene rings is 4. The van der Waals surface area contributed by atoms with Crippen molar-refractivity contribution in [2.45, 2.75) is 78.1 Å². The summed E-state index contributed by atoms with van der Waals surface area (Å²) < 4.78 is 6.14. The molecule has 168 valence electrons. The lowest BCUT2D eigenvalue weighted by Gasteiger charge is -2.12. The molecule has 0 spiro atoms. The monoisotopic (exact) mass is 426 g/mol. The first-order valence-corrected chi connectivity index (χ1v) is 12.7. The van der Waals surface area contributed by atoms with Gasteiger partial charge >= 0.3 is 0 Å². The van der Waals surface area contributed by atoms with E-state index >= 15 is 0 Å². The summed E-state index contributed by atoms with van der Waals surface area (Å²) >= 11 is 0. The summed E-state index contributed by atoms with van der Waals surface area (Å²) in [6.45, 7) is 7.65. The SMILES string of the molecule is CCCCCCCCCOc1ccc2ccc3cc4ccc(C(C)CC)cc4cc3c2c1. The van der Waals surface area contributed by atoms with Crippen LogP contribution in [0.15, 0.2) is 60.7 Å². The molecule has 0 aromatic heterocycles. The molecule has 1 atom stereocenters. The highest BCUT2D eigenvalue weighted by molar-refractivity contribution is 6.12. The normalized spacial score (nSPS) is 12.6. The van der Waals surface area contributed by atoms with E-state index in [0.717, 1.165) is 18.8 Å². The van der Waals surface area contributed by atoms with Gasteiger partial charge in [-0.15, -0.1) is 0 Å². The number of unbranched alkanes of at least 4 members (excludes halogenated alkanes) is 6. The Morgan fingerprint density at radius 3 is 2.12 bits per heavy atom. The van der Waals surface area contributed by atoms with Gasteiger partial charge in [0.1, 0.15) is 5.75 Å². The van der Waals surface area contributed by atoms with Gasteiger partial charge in [-0.25, -0.2) is 0 Å². The molecule has 0 saturated carbocycles. The lowest BCUT2D eigenvalue weighted by atomic mass is 9.93. The fourth-order valence-corrected chi connectivity index (χ4v) is 4.68. The van der Waals surface area contributed by atoms with Gasteiger partial charge in [-0.2, -0.15) is 0 Å². The molecule has 1 nitrogen and oxygen atoms in total. The summed E-state index contributed by atoms with van der Waals surface area (Å²) in [5, 5.41) is 7.82. The summed E-state index contributed by atoms with van der Waals surface area (Å²) in [5.41, 5.74) is 1.43. The number of hydrogen-bond acceptors (Lipinski definition) is 1. The van der Waals surface area contributed by atoms with Crippen LogP contribution < -0.4 is 4.74 Å². The van der Waals surface area contributed by atoms with Crippen LogP contribution in [0, 0.1) is 0 Å². The minimum atomic E-state index is 0.592. The number of ether oxygens (including phenoxy) is 1. The van der Waals surface area contributed by atoms with Crippen molar-refractivity contribution in [2.24, 2.45) is 0 Å². The van der Waals surface area contributed by atoms with Crippen molar-refractivity contribution < 1.29 is 4.74 Å². The largest absolute Gasteiger partial charge is 0.494 e. The third-order valence-corrected chi connectivity index (χ3v) is 6.99. The molecule has 0 N–H and O–H groups in total. The minimum Gasteiger partial charge on any atom is -0.494 e. The quantitative estimate of drug-likeness (QED) is 0.132. The summed E-state index contributed by atoms with van der Waals surface area (Å²) in [6.07, 6.45) is 10.3. The second-order valence-corrected chi connectivity index (χ2v) is 9.41. The lowest BCUT2D eigenvalue weighted by Crippen LogP contribution is -1.97. The minimum absolute atomic E-state index is 0.592. The van der Waals surface area contributed by atoms with Gasteiger partial charge in [-0.3, -0.25) is 0 Å². The predicted octanol–water partition coefficient (Wildman–Crippen LogP) is 9.79. The maximum atomic E-state index is 6.14. The van der Waals surface area contributed by atoms with E-state index in [2.05, 4.69) is 81.4 Å². The average molecular weight is 427 g/mol. The van der Waals surface area contributed by atoms with E-state index in [-0.39, 0.29) is 0 Å². The zero-order valence-electron chi connectivity index (χ0n) is 20.1. The molecular weight excluding hydrogens is 388 g/mol. The topological polar surface area (TPSA) is 9.23 Å². The first kappa shape index (κ1) is 22.6. The van der Waals surface area contributed by atoms with Crippen molar-refractivity contribution in [1.82, 2.24) is 0 Å². The molecule has 0 fully saturated rings. The maximum absolute atomic E-state index is 6.14. The van der Waals surface area contributed by atoms with Crippen molar-refractivity contribution in [2.75, 3.05) is 6.61 Å². The van der Waals surface area contributed by atoms with Crippen LogP contribution in [0.4, 0.5) is 0 Å². The molecule has 0 aliphatic heterocycles. The van der Waals surface area contributed by atoms with Gasteiger partial charge in [0.2, 0.25) is 0 Å². The standard InChI is InChI=1S/C31H38O/c1-4-6-7-8-9-10-11-18-32-29-17-16-24-12-15-27-20-26-14-13-25(23(3)5-2)19-28(26)21-30(27)31(24)22-29/h12-17,19-23H,4-11,18H2,1-3H3. The second kappa shape index (κ2) is 10.9. The summed E-state index contributed by atoms with van der Waals surface area (Å²) in [6, 6.07) is 22.7. The molecule has 0 aliphatic rings. The van der Waals surface area contributed by atoms with Crippen LogP contribution >= 0.6 is 0 Å². The van der Waals surface area contributed by atoms with Gasteiger partial charge in [0.25, 0.3) is 0 Å². The van der Waals surface area contributed by atoms with Crippen molar-refractivity contribution in [3.05, 3.63) is 66.2 Å². The summed E-state index contributed by atoms with van der Waals surface area (Å²) in [5.74, 6) is 1.58. The van der Waals surface area contributed by atoms with E-state index in [1.54, 1.807) is 0 Å². The van der Waals surface area contributed by atoms with Crippen LogP contribution in [0.3, 0.4) is 0 Å². The van der Waals surface area contributed by atoms with Crippen LogP contribution in [0.1, 0.15) is 83.6 Å². The third-order valence-electron chi connectivity index (χ3n) is 6.99. The molecule has 0 heterocycles. The summed E-state index contributed by atoms with van der Waals surface area (Å²) in [7, 11) is 0. The van der Waals surface area contributed by atoms with Gasteiger partial charge in [0.15, 0.2) is 0 Å². The van der Waals surface area contributed by atoms with Crippen LogP contribution in [-0.2, 0) is 0 Å². The number of fused-ring (bicyclic) bond motifs is 4. The molecule has 0 radical (unpaired) electrons. The first-order chi connectivity index (χ1) is 15.7. The van der Waals surface area contributed by atoms with Gasteiger partial charge in [-0.05, 0) is 80.9 Å². The number of hydrogen-bond donors (Lipinski definition) is 0. The molecule has 1 unspecified atom stereocenters. The fourth-order valence-electron chi connectivity index (χ4n) is 4.68. The van der Waals surface area contributed by atoms with Crippen LogP contribution in [0.2, 0.25) is 0 Å². The zero-order chi connectivity index (χ0) is 22.3. The van der Waals surface area contributed by atoms with Gasteiger partial charge in [0.05, 0.1) is 6.61 Å². The zero-order valence-corrected chi connectivity index (χ0v) is 20.1. The Balaban J connectivity index is 1.54. The predicted molar refractivity (Wildman–Crippen MR) is 141 cm³/mol. The Bertz CT molecular complexity index is 1170. The molecule has 32 heavy (non-hydrogen) atoms. The van der Waals surface area contributed by atoms with E-state index in [9.17, 15) is 0 Å². The molecule has 4 aromatic carbocycles. The molecule has 4 aromatic rings. The van der Waals surface area contributed by atoms with Crippen molar-refractivity contribution in [3.8, 4) is 5.75 Å². The highest BCUT2D eigenvalue weighted by atomic mass is 16.5. The van der Waals surface area contributed by atoms with Crippen LogP contribution in [-0.4, -0.2) is 6.61 Å². The molecule has 0 saturated heterocycles. The van der Waals surface area contributed by atoms with Crippen molar-refractivity contribution >= 4 is 32.3 Å². The van der Waals surface area contributed by atoms with Crippen molar-refractivity contribution in [3.63, 3.8) is 0 Å². The van der Waals surface area contributed by atoms with E-state index in [1.165, 1.54) is 82.8 Å². The molecular formula is C31H38O. The van der Waals surface area contributed by atoms with Gasteiger partial charge in [-0.1, -0.05) is 95.7 Å². The average Bonchev–Trinajstić information content (AvgIpc) is 2.83. The summed E-state index contributed by atoms with van der Waals surface area (Å²) in [4.78, 5) is 0. The van der Waals surface area contributed by atoms with Crippen LogP contribution in [0.25, 0.3) is 32.3 Å². The smallest absolute Gasteiger partial charge is 0.119 e. The van der Waals surface area contributed by atoms with E-state index in [0.29, 0.717) is 5.92 Å². The molecule has 0 amide bonds. The Hall–Kier alpha value is -2.54. The Kier molecular flexibility index (Phi) is 7.68. The van der Waals surface area contributed by atoms with Crippen molar-refractivity contribution in [1.29, 1.82) is 0 Å². The molecule has 0 aliphatic carbocycles.